The third-order valence-electron chi connectivity index (χ3n) is 5.71. The van der Waals surface area contributed by atoms with E-state index in [4.69, 9.17) is 4.74 Å². The molecule has 0 saturated carbocycles. The molecule has 0 aliphatic carbocycles. The second kappa shape index (κ2) is 9.30. The minimum Gasteiger partial charge on any atom is -0.497 e. The molecule has 0 spiro atoms. The van der Waals surface area contributed by atoms with Gasteiger partial charge in [0, 0.05) is 5.69 Å². The number of benzene rings is 3. The van der Waals surface area contributed by atoms with E-state index >= 15 is 0 Å². The summed E-state index contributed by atoms with van der Waals surface area (Å²) in [5.41, 5.74) is -0.280. The molecule has 0 aliphatic heterocycles. The van der Waals surface area contributed by atoms with E-state index in [0.717, 1.165) is 5.56 Å². The fraction of sp³-hybridized carbons (Fsp3) is 0.296. The standard InChI is InChI=1S/C27H28F3NO2/c1-25(2,3)19-10-12-20(13-11-19)26(18-27(28,29)30,21-14-16-23(33-4)17-15-21)24(32)31-22-8-6-5-7-9-22/h5-17H,18H2,1-4H3,(H,31,32)/t26-/m1/s1. The number of anilines is 1. The average molecular weight is 456 g/mol. The van der Waals surface area contributed by atoms with E-state index in [2.05, 4.69) is 5.32 Å². The van der Waals surface area contributed by atoms with Gasteiger partial charge in [0.2, 0.25) is 5.91 Å². The predicted octanol–water partition coefficient (Wildman–Crippen LogP) is 6.87. The normalized spacial score (nSPS) is 13.8. The van der Waals surface area contributed by atoms with E-state index in [1.54, 1.807) is 66.7 Å². The first kappa shape index (κ1) is 24.4. The van der Waals surface area contributed by atoms with E-state index in [0.29, 0.717) is 11.4 Å². The number of hydrogen-bond acceptors (Lipinski definition) is 2. The van der Waals surface area contributed by atoms with Gasteiger partial charge in [-0.2, -0.15) is 13.2 Å². The first-order chi connectivity index (χ1) is 15.5. The summed E-state index contributed by atoms with van der Waals surface area (Å²) in [6.45, 7) is 6.07. The first-order valence-electron chi connectivity index (χ1n) is 10.6. The van der Waals surface area contributed by atoms with E-state index in [9.17, 15) is 18.0 Å². The van der Waals surface area contributed by atoms with E-state index in [1.807, 2.05) is 20.8 Å². The van der Waals surface area contributed by atoms with Crippen LogP contribution in [0.25, 0.3) is 0 Å². The number of methoxy groups -OCH3 is 1. The number of halogens is 3. The number of ether oxygens (including phenoxy) is 1. The highest BCUT2D eigenvalue weighted by molar-refractivity contribution is 6.02. The number of amides is 1. The highest BCUT2D eigenvalue weighted by Crippen LogP contribution is 2.44. The van der Waals surface area contributed by atoms with E-state index in [1.165, 1.54) is 19.2 Å². The minimum atomic E-state index is -4.60. The molecule has 0 unspecified atom stereocenters. The van der Waals surface area contributed by atoms with Gasteiger partial charge in [-0.1, -0.05) is 75.4 Å². The van der Waals surface area contributed by atoms with Gasteiger partial charge in [-0.3, -0.25) is 4.79 Å². The van der Waals surface area contributed by atoms with Crippen molar-refractivity contribution in [2.24, 2.45) is 0 Å². The molecule has 1 N–H and O–H groups in total. The van der Waals surface area contributed by atoms with Gasteiger partial charge in [-0.25, -0.2) is 0 Å². The molecule has 3 aromatic rings. The lowest BCUT2D eigenvalue weighted by molar-refractivity contribution is -0.153. The Labute approximate surface area is 192 Å². The number of para-hydroxylation sites is 1. The second-order valence-corrected chi connectivity index (χ2v) is 9.07. The van der Waals surface area contributed by atoms with Crippen LogP contribution in [0, 0.1) is 0 Å². The van der Waals surface area contributed by atoms with Crippen molar-refractivity contribution in [3.05, 3.63) is 95.6 Å². The molecule has 3 aromatic carbocycles. The van der Waals surface area contributed by atoms with Crippen LogP contribution >= 0.6 is 0 Å². The molecule has 1 atom stereocenters. The molecule has 0 fully saturated rings. The zero-order valence-corrected chi connectivity index (χ0v) is 19.2. The number of carbonyl (C=O) groups excluding carboxylic acids is 1. The summed E-state index contributed by atoms with van der Waals surface area (Å²) < 4.78 is 47.3. The van der Waals surface area contributed by atoms with Gasteiger partial charge in [0.25, 0.3) is 0 Å². The Hall–Kier alpha value is -3.28. The molecule has 3 rings (SSSR count). The van der Waals surface area contributed by atoms with Crippen LogP contribution in [0.15, 0.2) is 78.9 Å². The molecule has 174 valence electrons. The molecule has 33 heavy (non-hydrogen) atoms. The second-order valence-electron chi connectivity index (χ2n) is 9.07. The van der Waals surface area contributed by atoms with Crippen molar-refractivity contribution < 1.29 is 22.7 Å². The molecule has 0 aromatic heterocycles. The van der Waals surface area contributed by atoms with Crippen LogP contribution in [0.2, 0.25) is 0 Å². The van der Waals surface area contributed by atoms with Crippen LogP contribution in [0.3, 0.4) is 0 Å². The number of hydrogen-bond donors (Lipinski definition) is 1. The van der Waals surface area contributed by atoms with Crippen molar-refractivity contribution in [1.29, 1.82) is 0 Å². The number of alkyl halides is 3. The summed E-state index contributed by atoms with van der Waals surface area (Å²) in [6, 6.07) is 21.5. The Kier molecular flexibility index (Phi) is 6.86. The van der Waals surface area contributed by atoms with Crippen LogP contribution in [0.1, 0.15) is 43.9 Å². The third-order valence-corrected chi connectivity index (χ3v) is 5.71. The van der Waals surface area contributed by atoms with Crippen molar-refractivity contribution in [1.82, 2.24) is 0 Å². The molecular weight excluding hydrogens is 427 g/mol. The molecule has 0 bridgehead atoms. The summed E-state index contributed by atoms with van der Waals surface area (Å²) in [5.74, 6) is -0.258. The molecular formula is C27H28F3NO2. The van der Waals surface area contributed by atoms with Crippen LogP contribution < -0.4 is 10.1 Å². The fourth-order valence-corrected chi connectivity index (χ4v) is 3.90. The predicted molar refractivity (Wildman–Crippen MR) is 125 cm³/mol. The van der Waals surface area contributed by atoms with Crippen LogP contribution in [-0.2, 0) is 15.6 Å². The van der Waals surface area contributed by atoms with Crippen LogP contribution in [0.5, 0.6) is 5.75 Å². The van der Waals surface area contributed by atoms with Gasteiger partial charge < -0.3 is 10.1 Å². The Morgan fingerprint density at radius 1 is 0.788 bits per heavy atom. The zero-order chi connectivity index (χ0) is 24.3. The SMILES string of the molecule is COc1ccc([C@](CC(F)(F)F)(C(=O)Nc2ccccc2)c2ccc(C(C)(C)C)cc2)cc1. The quantitative estimate of drug-likeness (QED) is 0.440. The minimum absolute atomic E-state index is 0.183. The van der Waals surface area contributed by atoms with Gasteiger partial charge in [-0.05, 0) is 46.4 Å². The van der Waals surface area contributed by atoms with Crippen molar-refractivity contribution in [2.75, 3.05) is 12.4 Å². The Balaban J connectivity index is 2.23. The maximum atomic E-state index is 14.0. The van der Waals surface area contributed by atoms with Crippen molar-refractivity contribution in [3.63, 3.8) is 0 Å². The molecule has 3 nitrogen and oxygen atoms in total. The Bertz CT molecular complexity index is 1070. The first-order valence-corrected chi connectivity index (χ1v) is 10.6. The summed E-state index contributed by atoms with van der Waals surface area (Å²) in [7, 11) is 1.48. The third kappa shape index (κ3) is 5.56. The largest absolute Gasteiger partial charge is 0.497 e. The lowest BCUT2D eigenvalue weighted by atomic mass is 9.70. The van der Waals surface area contributed by atoms with Crippen molar-refractivity contribution >= 4 is 11.6 Å². The van der Waals surface area contributed by atoms with Crippen molar-refractivity contribution in [3.8, 4) is 5.75 Å². The Morgan fingerprint density at radius 3 is 1.73 bits per heavy atom. The summed E-state index contributed by atoms with van der Waals surface area (Å²) in [4.78, 5) is 13.7. The maximum absolute atomic E-state index is 14.0. The van der Waals surface area contributed by atoms with E-state index in [-0.39, 0.29) is 16.5 Å². The lowest BCUT2D eigenvalue weighted by Gasteiger charge is -2.35. The summed E-state index contributed by atoms with van der Waals surface area (Å²) in [6.07, 6.45) is -5.95. The van der Waals surface area contributed by atoms with E-state index < -0.39 is 23.9 Å². The zero-order valence-electron chi connectivity index (χ0n) is 19.2. The van der Waals surface area contributed by atoms with Gasteiger partial charge in [0.15, 0.2) is 0 Å². The average Bonchev–Trinajstić information content (AvgIpc) is 2.77. The number of rotatable bonds is 6. The smallest absolute Gasteiger partial charge is 0.390 e. The Morgan fingerprint density at radius 2 is 1.27 bits per heavy atom. The fourth-order valence-electron chi connectivity index (χ4n) is 3.90. The number of nitrogens with one attached hydrogen (secondary N) is 1. The van der Waals surface area contributed by atoms with Crippen LogP contribution in [0.4, 0.5) is 18.9 Å². The van der Waals surface area contributed by atoms with Crippen LogP contribution in [-0.4, -0.2) is 19.2 Å². The molecule has 0 radical (unpaired) electrons. The summed E-state index contributed by atoms with van der Waals surface area (Å²) in [5, 5.41) is 2.71. The summed E-state index contributed by atoms with van der Waals surface area (Å²) >= 11 is 0. The van der Waals surface area contributed by atoms with Crippen molar-refractivity contribution in [2.45, 2.75) is 44.2 Å². The lowest BCUT2D eigenvalue weighted by Crippen LogP contribution is -2.45. The highest BCUT2D eigenvalue weighted by Gasteiger charge is 2.50. The molecule has 1 amide bonds. The van der Waals surface area contributed by atoms with Gasteiger partial charge in [0.1, 0.15) is 11.2 Å². The topological polar surface area (TPSA) is 38.3 Å². The molecule has 0 saturated heterocycles. The molecule has 0 aliphatic rings. The maximum Gasteiger partial charge on any atom is 0.390 e. The molecule has 0 heterocycles. The molecule has 6 heteroatoms. The highest BCUT2D eigenvalue weighted by atomic mass is 19.4. The van der Waals surface area contributed by atoms with Gasteiger partial charge >= 0.3 is 6.18 Å². The monoisotopic (exact) mass is 455 g/mol. The number of carbonyl (C=O) groups is 1. The van der Waals surface area contributed by atoms with Gasteiger partial charge in [-0.15, -0.1) is 0 Å². The van der Waals surface area contributed by atoms with Gasteiger partial charge in [0.05, 0.1) is 13.5 Å².